The summed E-state index contributed by atoms with van der Waals surface area (Å²) in [5.41, 5.74) is 4.59. The normalized spacial score (nSPS) is 18.9. The summed E-state index contributed by atoms with van der Waals surface area (Å²) < 4.78 is 7.45. The highest BCUT2D eigenvalue weighted by Gasteiger charge is 2.44. The number of fused-ring (bicyclic) bond motifs is 3. The molecule has 208 valence electrons. The molecule has 4 heterocycles. The summed E-state index contributed by atoms with van der Waals surface area (Å²) in [6.45, 7) is 12.3. The van der Waals surface area contributed by atoms with Gasteiger partial charge in [-0.3, -0.25) is 18.9 Å². The fourth-order valence-electron chi connectivity index (χ4n) is 5.70. The number of aromatic nitrogens is 2. The van der Waals surface area contributed by atoms with E-state index in [-0.39, 0.29) is 16.8 Å². The summed E-state index contributed by atoms with van der Waals surface area (Å²) >= 11 is 1.29. The van der Waals surface area contributed by atoms with Gasteiger partial charge in [0.1, 0.15) is 0 Å². The Balaban J connectivity index is 1.40. The molecule has 8 nitrogen and oxygen atoms in total. The molecular weight excluding hydrogens is 524 g/mol. The number of rotatable bonds is 6. The minimum absolute atomic E-state index is 0.0394. The smallest absolute Gasteiger partial charge is 0.290 e. The number of imidazole rings is 1. The van der Waals surface area contributed by atoms with Crippen LogP contribution in [0.15, 0.2) is 59.9 Å². The Bertz CT molecular complexity index is 1640. The van der Waals surface area contributed by atoms with Gasteiger partial charge in [0.2, 0.25) is 5.78 Å². The minimum Gasteiger partial charge on any atom is -0.503 e. The summed E-state index contributed by atoms with van der Waals surface area (Å²) in [5, 5.41) is 11.2. The largest absolute Gasteiger partial charge is 0.503 e. The van der Waals surface area contributed by atoms with Crippen molar-refractivity contribution < 1.29 is 19.4 Å². The number of aliphatic hydroxyl groups is 1. The second-order valence-corrected chi connectivity index (χ2v) is 12.5. The first kappa shape index (κ1) is 26.7. The predicted molar refractivity (Wildman–Crippen MR) is 156 cm³/mol. The van der Waals surface area contributed by atoms with Crippen LogP contribution in [0.4, 0.5) is 0 Å². The lowest BCUT2D eigenvalue weighted by molar-refractivity contribution is -0.129. The number of hydrogen-bond donors (Lipinski definition) is 1. The molecule has 1 saturated heterocycles. The molecular formula is C31H34N4O4S. The van der Waals surface area contributed by atoms with Crippen molar-refractivity contribution in [2.45, 2.75) is 39.2 Å². The lowest BCUT2D eigenvalue weighted by Gasteiger charge is -2.32. The fraction of sp³-hybridized carbons (Fsp3) is 0.387. The lowest BCUT2D eigenvalue weighted by Crippen LogP contribution is -2.43. The van der Waals surface area contributed by atoms with Crippen LogP contribution >= 0.6 is 11.3 Å². The third kappa shape index (κ3) is 4.52. The van der Waals surface area contributed by atoms with Gasteiger partial charge in [-0.25, -0.2) is 4.98 Å². The number of Topliss-reactive ketones (excluding diaryl/α,β-unsaturated/α-hetero) is 1. The summed E-state index contributed by atoms with van der Waals surface area (Å²) in [6, 6.07) is 15.2. The van der Waals surface area contributed by atoms with Gasteiger partial charge in [0.25, 0.3) is 5.91 Å². The fourth-order valence-corrected chi connectivity index (χ4v) is 6.79. The zero-order valence-electron chi connectivity index (χ0n) is 23.3. The number of carbonyl (C=O) groups excluding carboxylic acids is 2. The lowest BCUT2D eigenvalue weighted by atomic mass is 9.85. The van der Waals surface area contributed by atoms with E-state index in [2.05, 4.69) is 25.7 Å². The Hall–Kier alpha value is -3.53. The molecule has 9 heteroatoms. The quantitative estimate of drug-likeness (QED) is 0.333. The third-order valence-corrected chi connectivity index (χ3v) is 9.14. The molecule has 2 aliphatic heterocycles. The van der Waals surface area contributed by atoms with Gasteiger partial charge >= 0.3 is 0 Å². The van der Waals surface area contributed by atoms with Gasteiger partial charge < -0.3 is 14.7 Å². The van der Waals surface area contributed by atoms with Crippen molar-refractivity contribution in [1.29, 1.82) is 0 Å². The molecule has 0 bridgehead atoms. The van der Waals surface area contributed by atoms with Crippen LogP contribution in [0.25, 0.3) is 16.0 Å². The van der Waals surface area contributed by atoms with E-state index in [0.29, 0.717) is 36.1 Å². The molecule has 4 aromatic rings. The maximum absolute atomic E-state index is 14.2. The predicted octanol–water partition coefficient (Wildman–Crippen LogP) is 5.07. The van der Waals surface area contributed by atoms with Gasteiger partial charge in [-0.1, -0.05) is 68.5 Å². The average Bonchev–Trinajstić information content (AvgIpc) is 3.56. The van der Waals surface area contributed by atoms with Gasteiger partial charge in [-0.15, -0.1) is 0 Å². The van der Waals surface area contributed by atoms with Crippen molar-refractivity contribution in [2.75, 3.05) is 39.4 Å². The van der Waals surface area contributed by atoms with Crippen LogP contribution in [0.5, 0.6) is 0 Å². The molecule has 2 aromatic heterocycles. The van der Waals surface area contributed by atoms with Crippen molar-refractivity contribution >= 4 is 39.0 Å². The second kappa shape index (κ2) is 10.1. The van der Waals surface area contributed by atoms with Crippen molar-refractivity contribution in [3.63, 3.8) is 0 Å². The molecule has 0 spiro atoms. The van der Waals surface area contributed by atoms with Crippen LogP contribution in [0.2, 0.25) is 0 Å². The Morgan fingerprint density at radius 3 is 2.48 bits per heavy atom. The number of benzene rings is 2. The van der Waals surface area contributed by atoms with Gasteiger partial charge in [-0.05, 0) is 35.6 Å². The monoisotopic (exact) mass is 558 g/mol. The van der Waals surface area contributed by atoms with Crippen molar-refractivity contribution in [1.82, 2.24) is 19.2 Å². The number of para-hydroxylation sites is 2. The first-order chi connectivity index (χ1) is 19.1. The van der Waals surface area contributed by atoms with E-state index in [0.717, 1.165) is 40.9 Å². The van der Waals surface area contributed by atoms with E-state index in [1.807, 2.05) is 59.9 Å². The highest BCUT2D eigenvalue weighted by molar-refractivity contribution is 7.19. The number of hydrogen-bond acceptors (Lipinski definition) is 7. The SMILES string of the molecule is Cc1c(C(=O)C2=C(O)C(=O)N(CCN3CCOCC3)C2c2ccc(C(C)(C)C)cc2)sc2nc3ccccc3n12. The van der Waals surface area contributed by atoms with Crippen LogP contribution < -0.4 is 0 Å². The van der Waals surface area contributed by atoms with Gasteiger partial charge in [0, 0.05) is 31.9 Å². The van der Waals surface area contributed by atoms with Crippen molar-refractivity contribution in [3.8, 4) is 0 Å². The van der Waals surface area contributed by atoms with E-state index < -0.39 is 17.7 Å². The van der Waals surface area contributed by atoms with Crippen LogP contribution in [0.1, 0.15) is 53.3 Å². The molecule has 0 aliphatic carbocycles. The summed E-state index contributed by atoms with van der Waals surface area (Å²) in [6.07, 6.45) is 0. The van der Waals surface area contributed by atoms with Gasteiger partial charge in [0.15, 0.2) is 10.7 Å². The summed E-state index contributed by atoms with van der Waals surface area (Å²) in [5.74, 6) is -1.31. The number of amides is 1. The van der Waals surface area contributed by atoms with Crippen molar-refractivity contribution in [2.24, 2.45) is 0 Å². The number of morpholine rings is 1. The summed E-state index contributed by atoms with van der Waals surface area (Å²) in [4.78, 5) is 37.5. The number of nitrogens with zero attached hydrogens (tertiary/aromatic N) is 4. The Kier molecular flexibility index (Phi) is 6.76. The van der Waals surface area contributed by atoms with Crippen LogP contribution in [0, 0.1) is 6.92 Å². The van der Waals surface area contributed by atoms with Gasteiger partial charge in [0.05, 0.1) is 40.7 Å². The van der Waals surface area contributed by atoms with Gasteiger partial charge in [-0.2, -0.15) is 0 Å². The molecule has 1 fully saturated rings. The number of ketones is 1. The third-order valence-electron chi connectivity index (χ3n) is 8.00. The molecule has 40 heavy (non-hydrogen) atoms. The van der Waals surface area contributed by atoms with Crippen molar-refractivity contribution in [3.05, 3.63) is 81.6 Å². The standard InChI is InChI=1S/C31H34N4O4S/c1-19-28(40-30-32-22-7-5-6-8-23(22)35(19)30)26(36)24-25(20-9-11-21(12-10-20)31(2,3)4)34(29(38)27(24)37)14-13-33-15-17-39-18-16-33/h5-12,25,37H,13-18H2,1-4H3. The van der Waals surface area contributed by atoms with Crippen LogP contribution in [-0.4, -0.2) is 75.4 Å². The number of thiazole rings is 1. The maximum Gasteiger partial charge on any atom is 0.290 e. The Morgan fingerprint density at radius 1 is 1.07 bits per heavy atom. The molecule has 6 rings (SSSR count). The molecule has 1 atom stereocenters. The van der Waals surface area contributed by atoms with E-state index >= 15 is 0 Å². The topological polar surface area (TPSA) is 87.4 Å². The average molecular weight is 559 g/mol. The number of ether oxygens (including phenoxy) is 1. The number of aliphatic hydroxyl groups excluding tert-OH is 1. The van der Waals surface area contributed by atoms with E-state index in [4.69, 9.17) is 9.72 Å². The molecule has 0 saturated carbocycles. The van der Waals surface area contributed by atoms with E-state index in [1.54, 1.807) is 4.90 Å². The minimum atomic E-state index is -0.680. The zero-order valence-corrected chi connectivity index (χ0v) is 24.1. The van der Waals surface area contributed by atoms with E-state index in [9.17, 15) is 14.7 Å². The Morgan fingerprint density at radius 2 is 1.77 bits per heavy atom. The molecule has 1 N–H and O–H groups in total. The Labute approximate surface area is 237 Å². The van der Waals surface area contributed by atoms with Crippen LogP contribution in [-0.2, 0) is 14.9 Å². The molecule has 2 aromatic carbocycles. The molecule has 1 unspecified atom stereocenters. The van der Waals surface area contributed by atoms with Crippen LogP contribution in [0.3, 0.4) is 0 Å². The maximum atomic E-state index is 14.2. The number of aryl methyl sites for hydroxylation is 1. The molecule has 2 aliphatic rings. The molecule has 1 amide bonds. The van der Waals surface area contributed by atoms with E-state index in [1.165, 1.54) is 11.3 Å². The number of carbonyl (C=O) groups is 2. The first-order valence-electron chi connectivity index (χ1n) is 13.7. The molecule has 0 radical (unpaired) electrons. The highest BCUT2D eigenvalue weighted by atomic mass is 32.1. The highest BCUT2D eigenvalue weighted by Crippen LogP contribution is 2.41. The zero-order chi connectivity index (χ0) is 28.2. The second-order valence-electron chi connectivity index (χ2n) is 11.6. The summed E-state index contributed by atoms with van der Waals surface area (Å²) in [7, 11) is 0. The first-order valence-corrected chi connectivity index (χ1v) is 14.5.